The summed E-state index contributed by atoms with van der Waals surface area (Å²) in [5.74, 6) is -1.39. The predicted molar refractivity (Wildman–Crippen MR) is 123 cm³/mol. The highest BCUT2D eigenvalue weighted by molar-refractivity contribution is 6.35. The molecule has 2 atom stereocenters. The second-order valence-electron chi connectivity index (χ2n) is 7.10. The van der Waals surface area contributed by atoms with Gasteiger partial charge in [-0.25, -0.2) is 4.79 Å². The van der Waals surface area contributed by atoms with Crippen molar-refractivity contribution >= 4 is 46.8 Å². The molecule has 0 radical (unpaired) electrons. The number of esters is 1. The number of anilines is 1. The van der Waals surface area contributed by atoms with Gasteiger partial charge in [0.05, 0.1) is 6.04 Å². The molecular weight excluding hydrogens is 437 g/mol. The fourth-order valence-electron chi connectivity index (χ4n) is 2.71. The quantitative estimate of drug-likeness (QED) is 0.366. The SMILES string of the molecule is C[C@H](NC(=O)[C@@H](C)OC(=O)/C(C#N)=C\c1ccc(N(C)C)cc1)c1ccc(Cl)cc1Cl. The third-order valence-corrected chi connectivity index (χ3v) is 5.06. The average molecular weight is 460 g/mol. The van der Waals surface area contributed by atoms with E-state index in [1.54, 1.807) is 37.3 Å². The number of ether oxygens (including phenoxy) is 1. The summed E-state index contributed by atoms with van der Waals surface area (Å²) in [5.41, 5.74) is 2.13. The van der Waals surface area contributed by atoms with Crippen LogP contribution in [-0.4, -0.2) is 32.1 Å². The summed E-state index contributed by atoms with van der Waals surface area (Å²) in [5, 5.41) is 13.0. The summed E-state index contributed by atoms with van der Waals surface area (Å²) >= 11 is 12.1. The van der Waals surface area contributed by atoms with Crippen LogP contribution < -0.4 is 10.2 Å². The highest BCUT2D eigenvalue weighted by atomic mass is 35.5. The topological polar surface area (TPSA) is 82.4 Å². The molecule has 2 rings (SSSR count). The van der Waals surface area contributed by atoms with Crippen LogP contribution in [0.5, 0.6) is 0 Å². The number of nitriles is 1. The lowest BCUT2D eigenvalue weighted by molar-refractivity contribution is -0.151. The van der Waals surface area contributed by atoms with Crippen molar-refractivity contribution in [1.82, 2.24) is 5.32 Å². The molecule has 0 fully saturated rings. The highest BCUT2D eigenvalue weighted by Crippen LogP contribution is 2.26. The van der Waals surface area contributed by atoms with Gasteiger partial charge >= 0.3 is 5.97 Å². The van der Waals surface area contributed by atoms with E-state index in [1.807, 2.05) is 37.2 Å². The number of hydrogen-bond donors (Lipinski definition) is 1. The molecule has 0 spiro atoms. The number of carbonyl (C=O) groups is 2. The molecule has 0 aliphatic carbocycles. The number of nitrogens with zero attached hydrogens (tertiary/aromatic N) is 2. The molecule has 0 saturated heterocycles. The van der Waals surface area contributed by atoms with E-state index in [0.717, 1.165) is 5.69 Å². The molecule has 0 saturated carbocycles. The molecule has 1 N–H and O–H groups in total. The van der Waals surface area contributed by atoms with Gasteiger partial charge in [0.1, 0.15) is 11.6 Å². The normalized spacial score (nSPS) is 13.0. The minimum atomic E-state index is -1.10. The zero-order valence-electron chi connectivity index (χ0n) is 17.6. The van der Waals surface area contributed by atoms with Crippen molar-refractivity contribution < 1.29 is 14.3 Å². The number of benzene rings is 2. The molecular formula is C23H23Cl2N3O3. The van der Waals surface area contributed by atoms with Crippen LogP contribution >= 0.6 is 23.2 Å². The Kier molecular flexibility index (Phi) is 8.49. The third kappa shape index (κ3) is 6.74. The lowest BCUT2D eigenvalue weighted by Gasteiger charge is -2.19. The van der Waals surface area contributed by atoms with Gasteiger partial charge in [-0.2, -0.15) is 5.26 Å². The maximum absolute atomic E-state index is 12.4. The minimum Gasteiger partial charge on any atom is -0.448 e. The van der Waals surface area contributed by atoms with Gasteiger partial charge in [0.15, 0.2) is 6.10 Å². The van der Waals surface area contributed by atoms with Crippen molar-refractivity contribution in [2.75, 3.05) is 19.0 Å². The van der Waals surface area contributed by atoms with Gasteiger partial charge in [-0.05, 0) is 55.3 Å². The monoisotopic (exact) mass is 459 g/mol. The first-order valence-electron chi connectivity index (χ1n) is 9.48. The predicted octanol–water partition coefficient (Wildman–Crippen LogP) is 4.78. The van der Waals surface area contributed by atoms with E-state index in [0.29, 0.717) is 21.2 Å². The average Bonchev–Trinajstić information content (AvgIpc) is 2.71. The molecule has 1 amide bonds. The fourth-order valence-corrected chi connectivity index (χ4v) is 3.28. The van der Waals surface area contributed by atoms with E-state index >= 15 is 0 Å². The summed E-state index contributed by atoms with van der Waals surface area (Å²) in [4.78, 5) is 26.8. The maximum atomic E-state index is 12.4. The van der Waals surface area contributed by atoms with Crippen LogP contribution in [-0.2, 0) is 14.3 Å². The van der Waals surface area contributed by atoms with E-state index in [-0.39, 0.29) is 5.57 Å². The Morgan fingerprint density at radius 1 is 1.13 bits per heavy atom. The molecule has 0 unspecified atom stereocenters. The Morgan fingerprint density at radius 3 is 2.32 bits per heavy atom. The van der Waals surface area contributed by atoms with Crippen molar-refractivity contribution in [3.63, 3.8) is 0 Å². The number of amides is 1. The molecule has 0 bridgehead atoms. The van der Waals surface area contributed by atoms with Gasteiger partial charge in [-0.1, -0.05) is 41.4 Å². The molecule has 0 aliphatic rings. The molecule has 2 aromatic rings. The lowest BCUT2D eigenvalue weighted by atomic mass is 10.1. The van der Waals surface area contributed by atoms with Crippen LogP contribution in [0.3, 0.4) is 0 Å². The summed E-state index contributed by atoms with van der Waals surface area (Å²) in [6.07, 6.45) is 0.316. The van der Waals surface area contributed by atoms with E-state index in [9.17, 15) is 14.9 Å². The second-order valence-corrected chi connectivity index (χ2v) is 7.94. The zero-order valence-corrected chi connectivity index (χ0v) is 19.2. The van der Waals surface area contributed by atoms with E-state index in [2.05, 4.69) is 5.32 Å². The molecule has 8 heteroatoms. The molecule has 2 aromatic carbocycles. The molecule has 6 nitrogen and oxygen atoms in total. The van der Waals surface area contributed by atoms with Crippen molar-refractivity contribution in [2.24, 2.45) is 0 Å². The molecule has 0 aliphatic heterocycles. The minimum absolute atomic E-state index is 0.203. The first-order valence-corrected chi connectivity index (χ1v) is 10.2. The van der Waals surface area contributed by atoms with Gasteiger partial charge in [-0.3, -0.25) is 4.79 Å². The number of rotatable bonds is 7. The van der Waals surface area contributed by atoms with Crippen LogP contribution in [0.4, 0.5) is 5.69 Å². The van der Waals surface area contributed by atoms with Crippen molar-refractivity contribution in [2.45, 2.75) is 26.0 Å². The van der Waals surface area contributed by atoms with E-state index in [4.69, 9.17) is 27.9 Å². The standard InChI is InChI=1S/C23H23Cl2N3O3/c1-14(20-10-7-18(24)12-21(20)25)27-22(29)15(2)31-23(30)17(13-26)11-16-5-8-19(9-6-16)28(3)4/h5-12,14-15H,1-4H3,(H,27,29)/b17-11-/t14-,15+/m0/s1. The van der Waals surface area contributed by atoms with Crippen molar-refractivity contribution in [3.8, 4) is 6.07 Å². The highest BCUT2D eigenvalue weighted by Gasteiger charge is 2.23. The lowest BCUT2D eigenvalue weighted by Crippen LogP contribution is -2.37. The molecule has 0 aromatic heterocycles. The Hall–Kier alpha value is -3.01. The number of carbonyl (C=O) groups excluding carboxylic acids is 2. The summed E-state index contributed by atoms with van der Waals surface area (Å²) in [7, 11) is 3.83. The van der Waals surface area contributed by atoms with Crippen LogP contribution in [0, 0.1) is 11.3 Å². The Morgan fingerprint density at radius 2 is 1.77 bits per heavy atom. The summed E-state index contributed by atoms with van der Waals surface area (Å²) < 4.78 is 5.18. The Bertz CT molecular complexity index is 1030. The first-order chi connectivity index (χ1) is 14.6. The second kappa shape index (κ2) is 10.9. The zero-order chi connectivity index (χ0) is 23.1. The van der Waals surface area contributed by atoms with Crippen LogP contribution in [0.2, 0.25) is 10.0 Å². The largest absolute Gasteiger partial charge is 0.448 e. The van der Waals surface area contributed by atoms with Gasteiger partial charge in [0.25, 0.3) is 5.91 Å². The molecule has 31 heavy (non-hydrogen) atoms. The number of nitrogens with one attached hydrogen (secondary N) is 1. The smallest absolute Gasteiger partial charge is 0.349 e. The fraction of sp³-hybridized carbons (Fsp3) is 0.261. The van der Waals surface area contributed by atoms with Gasteiger partial charge in [-0.15, -0.1) is 0 Å². The third-order valence-electron chi connectivity index (χ3n) is 4.50. The molecule has 162 valence electrons. The first kappa shape index (κ1) is 24.3. The van der Waals surface area contributed by atoms with Crippen molar-refractivity contribution in [3.05, 3.63) is 69.2 Å². The summed E-state index contributed by atoms with van der Waals surface area (Å²) in [6, 6.07) is 13.7. The van der Waals surface area contributed by atoms with Gasteiger partial charge in [0, 0.05) is 29.8 Å². The van der Waals surface area contributed by atoms with Crippen LogP contribution in [0.25, 0.3) is 6.08 Å². The Labute approximate surface area is 192 Å². The number of halogens is 2. The summed E-state index contributed by atoms with van der Waals surface area (Å²) in [6.45, 7) is 3.18. The van der Waals surface area contributed by atoms with Crippen molar-refractivity contribution in [1.29, 1.82) is 5.26 Å². The maximum Gasteiger partial charge on any atom is 0.349 e. The van der Waals surface area contributed by atoms with E-state index in [1.165, 1.54) is 13.0 Å². The number of hydrogen-bond acceptors (Lipinski definition) is 5. The molecule has 0 heterocycles. The van der Waals surface area contributed by atoms with Crippen LogP contribution in [0.1, 0.15) is 31.0 Å². The Balaban J connectivity index is 2.03. The van der Waals surface area contributed by atoms with E-state index < -0.39 is 24.0 Å². The van der Waals surface area contributed by atoms with Crippen LogP contribution in [0.15, 0.2) is 48.0 Å². The van der Waals surface area contributed by atoms with Gasteiger partial charge < -0.3 is 15.0 Å². The van der Waals surface area contributed by atoms with Gasteiger partial charge in [0.2, 0.25) is 0 Å².